The van der Waals surface area contributed by atoms with Crippen molar-refractivity contribution in [2.45, 2.75) is 151 Å². The van der Waals surface area contributed by atoms with Gasteiger partial charge in [-0.05, 0) is 99.4 Å². The molecule has 4 aliphatic carbocycles. The predicted molar refractivity (Wildman–Crippen MR) is 155 cm³/mol. The van der Waals surface area contributed by atoms with E-state index < -0.39 is 0 Å². The molecule has 0 spiro atoms. The third kappa shape index (κ3) is 12.0. The molecule has 0 aromatic carbocycles. The molecule has 206 valence electrons. The van der Waals surface area contributed by atoms with Gasteiger partial charge in [-0.25, -0.2) is 0 Å². The van der Waals surface area contributed by atoms with Crippen LogP contribution in [0.1, 0.15) is 128 Å². The Hall–Kier alpha value is 1.47. The first-order chi connectivity index (χ1) is 17.4. The van der Waals surface area contributed by atoms with Gasteiger partial charge in [0, 0.05) is 0 Å². The second-order valence-corrected chi connectivity index (χ2v) is 17.3. The molecule has 4 fully saturated rings. The molecule has 0 aromatic rings. The molecule has 0 unspecified atom stereocenters. The maximum absolute atomic E-state index is 7.50. The maximum atomic E-state index is 7.50. The second-order valence-electron chi connectivity index (χ2n) is 11.4. The molecule has 4 aliphatic rings. The molecule has 0 atom stereocenters. The molecule has 4 rings (SSSR count). The van der Waals surface area contributed by atoms with Gasteiger partial charge in [-0.15, -0.1) is 0 Å². The van der Waals surface area contributed by atoms with Gasteiger partial charge in [0.05, 0.1) is 0 Å². The fraction of sp³-hybridized carbons (Fsp3) is 0.966. The van der Waals surface area contributed by atoms with Gasteiger partial charge >= 0.3 is 38.3 Å². The van der Waals surface area contributed by atoms with Crippen LogP contribution >= 0.6 is 25.5 Å². The summed E-state index contributed by atoms with van der Waals surface area (Å²) in [4.78, 5) is 0. The van der Waals surface area contributed by atoms with Gasteiger partial charge in [-0.2, -0.15) is 0 Å². The average Bonchev–Trinajstić information content (AvgIpc) is 2.97. The van der Waals surface area contributed by atoms with E-state index in [4.69, 9.17) is 4.65 Å². The van der Waals surface area contributed by atoms with Crippen LogP contribution in [0, 0.1) is 6.65 Å². The molecule has 0 aliphatic heterocycles. The number of hydrogen-bond acceptors (Lipinski definition) is 1. The van der Waals surface area contributed by atoms with E-state index in [0.29, 0.717) is 0 Å². The van der Waals surface area contributed by atoms with E-state index in [1.165, 1.54) is 90.1 Å². The molecule has 0 aromatic heterocycles. The van der Waals surface area contributed by atoms with Gasteiger partial charge in [0.15, 0.2) is 0 Å². The van der Waals surface area contributed by atoms with E-state index in [-0.39, 0.29) is 15.8 Å². The molecule has 0 bridgehead atoms. The summed E-state index contributed by atoms with van der Waals surface area (Å²) in [6.45, 7) is 7.19. The fourth-order valence-corrected chi connectivity index (χ4v) is 15.1. The topological polar surface area (TPSA) is 31.9 Å². The molecular formula is C29H54ClNOP2Ru. The Morgan fingerprint density at radius 1 is 0.514 bits per heavy atom. The molecule has 0 radical (unpaired) electrons. The molecule has 6 heteroatoms. The van der Waals surface area contributed by atoms with Crippen LogP contribution in [0.4, 0.5) is 0 Å². The van der Waals surface area contributed by atoms with Gasteiger partial charge < -0.3 is 5.32 Å². The van der Waals surface area contributed by atoms with Crippen LogP contribution in [0.15, 0.2) is 0 Å². The summed E-state index contributed by atoms with van der Waals surface area (Å²) in [5, 5.41) is 4.04. The van der Waals surface area contributed by atoms with Crippen molar-refractivity contribution in [3.8, 4) is 0 Å². The van der Waals surface area contributed by atoms with Crippen LogP contribution in [0.5, 0.6) is 0 Å². The zero-order chi connectivity index (χ0) is 25.1. The molecular weight excluding hydrogens is 577 g/mol. The van der Waals surface area contributed by atoms with Gasteiger partial charge in [-0.3, -0.25) is 0 Å². The van der Waals surface area contributed by atoms with Crippen LogP contribution in [0.3, 0.4) is 0 Å². The molecule has 0 amide bonds. The third-order valence-corrected chi connectivity index (χ3v) is 16.6. The van der Waals surface area contributed by atoms with Crippen LogP contribution in [-0.2, 0) is 22.0 Å². The summed E-state index contributed by atoms with van der Waals surface area (Å²) in [7, 11) is 5.19. The number of nitrogens with one attached hydrogen (secondary N) is 1. The van der Waals surface area contributed by atoms with Gasteiger partial charge in [0.1, 0.15) is 0 Å². The predicted octanol–water partition coefficient (Wildman–Crippen LogP) is 9.25. The summed E-state index contributed by atoms with van der Waals surface area (Å²) >= 11 is 1.62. The van der Waals surface area contributed by atoms with Gasteiger partial charge in [0.25, 0.3) is 0 Å². The van der Waals surface area contributed by atoms with Crippen molar-refractivity contribution < 1.29 is 22.0 Å². The van der Waals surface area contributed by atoms with Gasteiger partial charge in [0.2, 0.25) is 0 Å². The minimum atomic E-state index is 0.290. The van der Waals surface area contributed by atoms with Crippen molar-refractivity contribution in [3.05, 3.63) is 6.65 Å². The Balaban J connectivity index is 0.00000103. The first-order valence-corrected chi connectivity index (χ1v) is 20.7. The number of hydrogen-bond donors (Lipinski definition) is 1. The van der Waals surface area contributed by atoms with Gasteiger partial charge in [-0.1, -0.05) is 92.9 Å². The van der Waals surface area contributed by atoms with Crippen LogP contribution < -0.4 is 5.32 Å². The summed E-state index contributed by atoms with van der Waals surface area (Å²) in [5.41, 5.74) is 4.54. The van der Waals surface area contributed by atoms with Crippen LogP contribution in [0.25, 0.3) is 0 Å². The summed E-state index contributed by atoms with van der Waals surface area (Å²) in [6.07, 6.45) is 34.1. The van der Waals surface area contributed by atoms with Crippen LogP contribution in [0.2, 0.25) is 0 Å². The Kier molecular flexibility index (Phi) is 19.9. The first kappa shape index (κ1) is 32.7. The van der Waals surface area contributed by atoms with E-state index in [1.807, 2.05) is 0 Å². The monoisotopic (exact) mass is 631 g/mol. The Bertz CT molecular complexity index is 438. The van der Waals surface area contributed by atoms with E-state index in [2.05, 4.69) is 21.7 Å². The Morgan fingerprint density at radius 2 is 0.743 bits per heavy atom. The SMILES string of the molecule is C1CCC(P(CCNCCP(C2CCCCC2)C2CCCCC2)C2CCCCC2)CC1.[C-]#[O+].[Cl][RuH]. The molecule has 1 N–H and O–H groups in total. The van der Waals surface area contributed by atoms with Crippen molar-refractivity contribution in [2.75, 3.05) is 25.4 Å². The van der Waals surface area contributed by atoms with Crippen molar-refractivity contribution in [2.24, 2.45) is 0 Å². The molecule has 4 saturated carbocycles. The minimum absolute atomic E-state index is 0.290. The summed E-state index contributed by atoms with van der Waals surface area (Å²) < 4.78 is 7.50. The molecule has 0 heterocycles. The number of rotatable bonds is 10. The van der Waals surface area contributed by atoms with Crippen molar-refractivity contribution in [1.29, 1.82) is 0 Å². The standard InChI is InChI=1S/C28H53NP2.CO.ClH.Ru.H/c1-5-13-25(14-6-1)30(26-15-7-2-8-16-26)23-21-29-22-24-31(27-17-9-3-10-18-27)28-19-11-4-12-20-28;1-2;;;/h25-29H,1-24H2;;1H;;/q;;;+1;/p-1. The zero-order valence-corrected chi connectivity index (χ0v) is 26.7. The molecule has 35 heavy (non-hydrogen) atoms. The first-order valence-electron chi connectivity index (χ1n) is 15.0. The molecule has 0 saturated heterocycles. The average molecular weight is 631 g/mol. The second kappa shape index (κ2) is 21.3. The summed E-state index contributed by atoms with van der Waals surface area (Å²) in [6, 6.07) is 0. The zero-order valence-electron chi connectivity index (χ0n) is 22.3. The Morgan fingerprint density at radius 3 is 0.971 bits per heavy atom. The quantitative estimate of drug-likeness (QED) is 0.0843. The molecule has 2 nitrogen and oxygen atoms in total. The van der Waals surface area contributed by atoms with E-state index in [1.54, 1.807) is 81.0 Å². The van der Waals surface area contributed by atoms with E-state index in [9.17, 15) is 0 Å². The Labute approximate surface area is 235 Å². The van der Waals surface area contributed by atoms with E-state index in [0.717, 1.165) is 22.6 Å². The van der Waals surface area contributed by atoms with E-state index >= 15 is 0 Å². The van der Waals surface area contributed by atoms with Crippen molar-refractivity contribution in [1.82, 2.24) is 5.32 Å². The fourth-order valence-electron chi connectivity index (χ4n) is 7.52. The van der Waals surface area contributed by atoms with Crippen molar-refractivity contribution in [3.63, 3.8) is 0 Å². The normalized spacial score (nSPS) is 23.4. The van der Waals surface area contributed by atoms with Crippen LogP contribution in [-0.4, -0.2) is 48.0 Å². The summed E-state index contributed by atoms with van der Waals surface area (Å²) in [5.74, 6) is 0. The van der Waals surface area contributed by atoms with Crippen molar-refractivity contribution >= 4 is 25.5 Å². The number of halogens is 1. The third-order valence-electron chi connectivity index (χ3n) is 9.27.